The van der Waals surface area contributed by atoms with E-state index in [0.29, 0.717) is 0 Å². The van der Waals surface area contributed by atoms with Crippen LogP contribution in [0.2, 0.25) is 0 Å². The van der Waals surface area contributed by atoms with E-state index < -0.39 is 0 Å². The Bertz CT molecular complexity index is 866. The van der Waals surface area contributed by atoms with E-state index >= 15 is 0 Å². The highest BCUT2D eigenvalue weighted by molar-refractivity contribution is 5.73. The molecule has 6 heteroatoms. The molecule has 0 aromatic heterocycles. The molecule has 0 radical (unpaired) electrons. The number of ether oxygens (including phenoxy) is 3. The summed E-state index contributed by atoms with van der Waals surface area (Å²) < 4.78 is 16.4. The fourth-order valence-corrected chi connectivity index (χ4v) is 4.50. The highest BCUT2D eigenvalue weighted by atomic mass is 16.5. The minimum atomic E-state index is -0.00162. The van der Waals surface area contributed by atoms with E-state index in [0.717, 1.165) is 43.2 Å². The number of benzene rings is 2. The smallest absolute Gasteiger partial charge is 0.217 e. The van der Waals surface area contributed by atoms with Crippen molar-refractivity contribution in [1.29, 1.82) is 0 Å². The number of carbonyl (C=O) groups is 1. The molecular weight excluding hydrogens is 380 g/mol. The molecule has 2 aromatic carbocycles. The van der Waals surface area contributed by atoms with Gasteiger partial charge in [0, 0.05) is 24.5 Å². The molecule has 0 spiro atoms. The van der Waals surface area contributed by atoms with Gasteiger partial charge in [-0.05, 0) is 48.4 Å². The van der Waals surface area contributed by atoms with Crippen LogP contribution in [0.25, 0.3) is 0 Å². The minimum absolute atomic E-state index is 0.00162. The maximum absolute atomic E-state index is 11.9. The molecule has 0 aliphatic carbocycles. The number of quaternary nitrogens is 1. The Hall–Kier alpha value is -2.73. The topological polar surface area (TPSA) is 61.2 Å². The summed E-state index contributed by atoms with van der Waals surface area (Å²) in [7, 11) is 5.01. The van der Waals surface area contributed by atoms with Crippen LogP contribution in [0.15, 0.2) is 36.4 Å². The number of hydrogen-bond acceptors (Lipinski definition) is 4. The second-order valence-electron chi connectivity index (χ2n) is 7.78. The Morgan fingerprint density at radius 2 is 1.77 bits per heavy atom. The van der Waals surface area contributed by atoms with E-state index in [1.165, 1.54) is 21.6 Å². The predicted molar refractivity (Wildman–Crippen MR) is 116 cm³/mol. The van der Waals surface area contributed by atoms with E-state index in [9.17, 15) is 4.79 Å². The number of nitrogens with one attached hydrogen (secondary N) is 2. The summed E-state index contributed by atoms with van der Waals surface area (Å²) in [4.78, 5) is 13.4. The second kappa shape index (κ2) is 9.85. The third-order valence-corrected chi connectivity index (χ3v) is 5.96. The number of hydrogen-bond donors (Lipinski definition) is 2. The molecule has 1 aliphatic heterocycles. The van der Waals surface area contributed by atoms with Crippen molar-refractivity contribution < 1.29 is 23.9 Å². The van der Waals surface area contributed by atoms with Crippen molar-refractivity contribution in [2.24, 2.45) is 0 Å². The van der Waals surface area contributed by atoms with Gasteiger partial charge in [-0.1, -0.05) is 6.92 Å². The van der Waals surface area contributed by atoms with Crippen LogP contribution in [0.4, 0.5) is 0 Å². The number of carbonyl (C=O) groups excluding carboxylic acids is 1. The number of fused-ring (bicyclic) bond motifs is 1. The van der Waals surface area contributed by atoms with Crippen LogP contribution in [-0.2, 0) is 17.8 Å². The van der Waals surface area contributed by atoms with Crippen molar-refractivity contribution in [1.82, 2.24) is 5.32 Å². The van der Waals surface area contributed by atoms with Crippen molar-refractivity contribution >= 4 is 5.91 Å². The lowest BCUT2D eigenvalue weighted by Gasteiger charge is -2.39. The molecule has 0 saturated carbocycles. The first-order valence-corrected chi connectivity index (χ1v) is 10.5. The van der Waals surface area contributed by atoms with Gasteiger partial charge in [-0.2, -0.15) is 0 Å². The Labute approximate surface area is 179 Å². The maximum Gasteiger partial charge on any atom is 0.217 e. The molecule has 1 unspecified atom stereocenters. The summed E-state index contributed by atoms with van der Waals surface area (Å²) in [6, 6.07) is 12.6. The first-order chi connectivity index (χ1) is 14.5. The van der Waals surface area contributed by atoms with Crippen molar-refractivity contribution in [2.45, 2.75) is 45.3 Å². The van der Waals surface area contributed by atoms with E-state index in [1.54, 1.807) is 28.3 Å². The standard InChI is InChI=1S/C24H32N2O4/c1-6-21(25-16(2)27)24-20-14-23(30-5)22(29-4)13-18(20)11-12-26(24)15-17-7-9-19(28-3)10-8-17/h7-10,13-14,21,24H,6,11-12,15H2,1-5H3,(H,25,27)/p+1/t21-,24+/m1/s1. The maximum atomic E-state index is 11.9. The SMILES string of the molecule is CC[C@@H](NC(C)=O)[C@@H]1c2cc(OC)c(OC)cc2CC[NH+]1Cc1ccc(OC)cc1. The zero-order valence-corrected chi connectivity index (χ0v) is 18.6. The van der Waals surface area contributed by atoms with Gasteiger partial charge in [0.1, 0.15) is 18.3 Å². The van der Waals surface area contributed by atoms with Crippen LogP contribution in [-0.4, -0.2) is 39.8 Å². The molecule has 1 amide bonds. The minimum Gasteiger partial charge on any atom is -0.497 e. The summed E-state index contributed by atoms with van der Waals surface area (Å²) >= 11 is 0. The van der Waals surface area contributed by atoms with Gasteiger partial charge in [-0.3, -0.25) is 4.79 Å². The molecule has 30 heavy (non-hydrogen) atoms. The first kappa shape index (κ1) is 22.0. The lowest BCUT2D eigenvalue weighted by Crippen LogP contribution is -3.13. The molecule has 3 atom stereocenters. The normalized spacial score (nSPS) is 18.8. The molecule has 3 rings (SSSR count). The average molecular weight is 414 g/mol. The van der Waals surface area contributed by atoms with Crippen molar-refractivity contribution in [2.75, 3.05) is 27.9 Å². The molecule has 2 N–H and O–H groups in total. The summed E-state index contributed by atoms with van der Waals surface area (Å²) in [5.41, 5.74) is 3.74. The fraction of sp³-hybridized carbons (Fsp3) is 0.458. The molecule has 1 aliphatic rings. The number of rotatable bonds is 8. The van der Waals surface area contributed by atoms with E-state index in [1.807, 2.05) is 12.1 Å². The lowest BCUT2D eigenvalue weighted by atomic mass is 9.86. The first-order valence-electron chi connectivity index (χ1n) is 10.5. The van der Waals surface area contributed by atoms with Crippen molar-refractivity contribution in [3.8, 4) is 17.2 Å². The largest absolute Gasteiger partial charge is 0.497 e. The summed E-state index contributed by atoms with van der Waals surface area (Å²) in [5.74, 6) is 2.33. The molecule has 0 saturated heterocycles. The lowest BCUT2D eigenvalue weighted by molar-refractivity contribution is -0.948. The molecule has 2 aromatic rings. The Morgan fingerprint density at radius 3 is 2.33 bits per heavy atom. The molecular formula is C24H33N2O4+. The number of amides is 1. The second-order valence-corrected chi connectivity index (χ2v) is 7.78. The molecule has 0 fully saturated rings. The highest BCUT2D eigenvalue weighted by Gasteiger charge is 2.38. The molecule has 1 heterocycles. The third-order valence-electron chi connectivity index (χ3n) is 5.96. The van der Waals surface area contributed by atoms with Gasteiger partial charge < -0.3 is 24.4 Å². The quantitative estimate of drug-likeness (QED) is 0.697. The van der Waals surface area contributed by atoms with Gasteiger partial charge in [0.05, 0.1) is 33.9 Å². The fourth-order valence-electron chi connectivity index (χ4n) is 4.50. The van der Waals surface area contributed by atoms with Gasteiger partial charge in [0.2, 0.25) is 5.91 Å². The van der Waals surface area contributed by atoms with Gasteiger partial charge in [0.25, 0.3) is 0 Å². The Balaban J connectivity index is 2.00. The van der Waals surface area contributed by atoms with Crippen LogP contribution in [0.1, 0.15) is 43.0 Å². The van der Waals surface area contributed by atoms with Gasteiger partial charge >= 0.3 is 0 Å². The zero-order chi connectivity index (χ0) is 21.7. The Morgan fingerprint density at radius 1 is 1.10 bits per heavy atom. The zero-order valence-electron chi connectivity index (χ0n) is 18.6. The van der Waals surface area contributed by atoms with Crippen molar-refractivity contribution in [3.05, 3.63) is 53.1 Å². The monoisotopic (exact) mass is 413 g/mol. The summed E-state index contributed by atoms with van der Waals surface area (Å²) in [6.45, 7) is 5.57. The molecule has 162 valence electrons. The Kier molecular flexibility index (Phi) is 7.21. The van der Waals surface area contributed by atoms with Crippen LogP contribution >= 0.6 is 0 Å². The molecule has 6 nitrogen and oxygen atoms in total. The molecule has 0 bridgehead atoms. The van der Waals surface area contributed by atoms with Gasteiger partial charge in [-0.25, -0.2) is 0 Å². The highest BCUT2D eigenvalue weighted by Crippen LogP contribution is 2.35. The van der Waals surface area contributed by atoms with Gasteiger partial charge in [-0.15, -0.1) is 0 Å². The summed E-state index contributed by atoms with van der Waals surface area (Å²) in [6.07, 6.45) is 1.80. The van der Waals surface area contributed by atoms with E-state index in [-0.39, 0.29) is 18.0 Å². The number of methoxy groups -OCH3 is 3. The van der Waals surface area contributed by atoms with Crippen molar-refractivity contribution in [3.63, 3.8) is 0 Å². The van der Waals surface area contributed by atoms with Crippen LogP contribution in [0.5, 0.6) is 17.2 Å². The van der Waals surface area contributed by atoms with E-state index in [2.05, 4.69) is 36.5 Å². The predicted octanol–water partition coefficient (Wildman–Crippen LogP) is 2.31. The van der Waals surface area contributed by atoms with Gasteiger partial charge in [0.15, 0.2) is 11.5 Å². The van der Waals surface area contributed by atoms with Crippen LogP contribution in [0.3, 0.4) is 0 Å². The van der Waals surface area contributed by atoms with Crippen LogP contribution < -0.4 is 24.4 Å². The van der Waals surface area contributed by atoms with Crippen LogP contribution in [0, 0.1) is 0 Å². The van der Waals surface area contributed by atoms with E-state index in [4.69, 9.17) is 14.2 Å². The summed E-state index contributed by atoms with van der Waals surface area (Å²) in [5, 5.41) is 3.19. The average Bonchev–Trinajstić information content (AvgIpc) is 2.77. The third kappa shape index (κ3) is 4.70.